The summed E-state index contributed by atoms with van der Waals surface area (Å²) in [7, 11) is -2.62. The molecule has 0 aromatic heterocycles. The molecular weight excluding hydrogens is 631 g/mol. The van der Waals surface area contributed by atoms with Gasteiger partial charge in [0.2, 0.25) is 0 Å². The van der Waals surface area contributed by atoms with Gasteiger partial charge in [0.1, 0.15) is 17.2 Å². The van der Waals surface area contributed by atoms with Crippen LogP contribution in [0.5, 0.6) is 17.2 Å². The number of hydrogen-bond donors (Lipinski definition) is 6. The Morgan fingerprint density at radius 1 is 0.347 bits per heavy atom. The van der Waals surface area contributed by atoms with Crippen LogP contribution in [-0.4, -0.2) is 30.0 Å². The summed E-state index contributed by atoms with van der Waals surface area (Å²) in [6, 6.07) is 23.0. The second kappa shape index (κ2) is 33.8. The fourth-order valence-corrected chi connectivity index (χ4v) is 5.45. The second-order valence-corrected chi connectivity index (χ2v) is 13.2. The molecule has 3 rings (SSSR count). The summed E-state index contributed by atoms with van der Waals surface area (Å²) in [4.78, 5) is 21.7. The third-order valence-corrected chi connectivity index (χ3v) is 8.37. The van der Waals surface area contributed by atoms with Crippen LogP contribution in [-0.2, 0) is 19.3 Å². The zero-order chi connectivity index (χ0) is 36.4. The SMILES string of the molecule is CCCCCCCCc1ccccc1O.CCCCCCCCc1ccccc1O.CCCCCCCCc1ccccc1O.OP(O)O. The number of aromatic hydroxyl groups is 3. The molecule has 0 aliphatic carbocycles. The Balaban J connectivity index is 0.000000667. The first-order valence-corrected chi connectivity index (χ1v) is 20.1. The van der Waals surface area contributed by atoms with Crippen molar-refractivity contribution >= 4 is 8.60 Å². The van der Waals surface area contributed by atoms with Gasteiger partial charge in [0.25, 0.3) is 0 Å². The van der Waals surface area contributed by atoms with Crippen molar-refractivity contribution in [3.63, 3.8) is 0 Å². The first-order chi connectivity index (χ1) is 23.8. The number of para-hydroxylation sites is 3. The van der Waals surface area contributed by atoms with Gasteiger partial charge in [-0.3, -0.25) is 0 Å². The summed E-state index contributed by atoms with van der Waals surface area (Å²) in [6.07, 6.45) is 26.6. The first kappa shape index (κ1) is 46.4. The van der Waals surface area contributed by atoms with Crippen molar-refractivity contribution in [2.75, 3.05) is 0 Å². The Morgan fingerprint density at radius 2 is 0.551 bits per heavy atom. The lowest BCUT2D eigenvalue weighted by atomic mass is 10.0. The minimum atomic E-state index is -2.62. The highest BCUT2D eigenvalue weighted by Crippen LogP contribution is 2.21. The Bertz CT molecular complexity index is 1000. The van der Waals surface area contributed by atoms with Gasteiger partial charge in [-0.05, 0) is 73.4 Å². The molecule has 0 spiro atoms. The van der Waals surface area contributed by atoms with Gasteiger partial charge in [-0.25, -0.2) is 0 Å². The number of rotatable bonds is 21. The van der Waals surface area contributed by atoms with Crippen LogP contribution >= 0.6 is 8.60 Å². The van der Waals surface area contributed by atoms with Gasteiger partial charge in [0.05, 0.1) is 0 Å². The lowest BCUT2D eigenvalue weighted by Gasteiger charge is -2.03. The molecule has 0 heterocycles. The molecule has 0 aliphatic heterocycles. The minimum absolute atomic E-state index is 0.450. The highest BCUT2D eigenvalue weighted by Gasteiger charge is 2.01. The van der Waals surface area contributed by atoms with E-state index in [0.717, 1.165) is 36.0 Å². The normalized spacial score (nSPS) is 10.3. The minimum Gasteiger partial charge on any atom is -0.508 e. The van der Waals surface area contributed by atoms with Crippen molar-refractivity contribution in [1.82, 2.24) is 0 Å². The summed E-state index contributed by atoms with van der Waals surface area (Å²) in [5.41, 5.74) is 3.27. The Kier molecular flexibility index (Phi) is 32.0. The molecule has 0 unspecified atom stereocenters. The molecule has 0 aliphatic rings. The first-order valence-electron chi connectivity index (χ1n) is 18.9. The topological polar surface area (TPSA) is 121 Å². The van der Waals surface area contributed by atoms with Gasteiger partial charge in [-0.15, -0.1) is 0 Å². The van der Waals surface area contributed by atoms with E-state index in [1.807, 2.05) is 54.6 Å². The molecule has 0 bridgehead atoms. The maximum atomic E-state index is 9.55. The molecule has 3 aromatic carbocycles. The van der Waals surface area contributed by atoms with E-state index >= 15 is 0 Å². The third-order valence-electron chi connectivity index (χ3n) is 8.37. The predicted octanol–water partition coefficient (Wildman–Crippen LogP) is 12.1. The fourth-order valence-electron chi connectivity index (χ4n) is 5.45. The van der Waals surface area contributed by atoms with Gasteiger partial charge >= 0.3 is 8.60 Å². The van der Waals surface area contributed by atoms with Crippen molar-refractivity contribution in [1.29, 1.82) is 0 Å². The van der Waals surface area contributed by atoms with Crippen LogP contribution in [0.15, 0.2) is 72.8 Å². The monoisotopic (exact) mass is 700 g/mol. The van der Waals surface area contributed by atoms with E-state index in [9.17, 15) is 15.3 Å². The second-order valence-electron chi connectivity index (χ2n) is 12.7. The highest BCUT2D eigenvalue weighted by molar-refractivity contribution is 7.38. The average Bonchev–Trinajstić information content (AvgIpc) is 3.08. The van der Waals surface area contributed by atoms with Crippen molar-refractivity contribution in [3.05, 3.63) is 89.5 Å². The third kappa shape index (κ3) is 28.9. The van der Waals surface area contributed by atoms with E-state index in [-0.39, 0.29) is 0 Å². The number of hydrogen-bond acceptors (Lipinski definition) is 6. The molecule has 0 amide bonds. The average molecular weight is 701 g/mol. The van der Waals surface area contributed by atoms with Crippen LogP contribution in [0, 0.1) is 0 Å². The van der Waals surface area contributed by atoms with Gasteiger partial charge in [0.15, 0.2) is 0 Å². The van der Waals surface area contributed by atoms with Crippen molar-refractivity contribution in [2.45, 2.75) is 156 Å². The summed E-state index contributed by atoms with van der Waals surface area (Å²) >= 11 is 0. The van der Waals surface area contributed by atoms with Gasteiger partial charge in [-0.1, -0.05) is 172 Å². The van der Waals surface area contributed by atoms with E-state index in [1.54, 1.807) is 18.2 Å². The summed E-state index contributed by atoms with van der Waals surface area (Å²) in [5.74, 6) is 1.35. The number of aryl methyl sites for hydroxylation is 3. The maximum Gasteiger partial charge on any atom is 0.324 e. The van der Waals surface area contributed by atoms with Gasteiger partial charge in [0, 0.05) is 0 Å². The van der Waals surface area contributed by atoms with Crippen molar-refractivity contribution in [2.24, 2.45) is 0 Å². The number of phenolic OH excluding ortho intramolecular Hbond substituents is 3. The molecule has 49 heavy (non-hydrogen) atoms. The van der Waals surface area contributed by atoms with Gasteiger partial charge in [-0.2, -0.15) is 0 Å². The van der Waals surface area contributed by atoms with Gasteiger partial charge < -0.3 is 30.0 Å². The smallest absolute Gasteiger partial charge is 0.324 e. The molecule has 0 radical (unpaired) electrons. The quantitative estimate of drug-likeness (QED) is 0.0486. The molecule has 0 saturated heterocycles. The molecule has 6 nitrogen and oxygen atoms in total. The maximum absolute atomic E-state index is 9.55. The van der Waals surface area contributed by atoms with E-state index in [0.29, 0.717) is 17.2 Å². The van der Waals surface area contributed by atoms with Crippen LogP contribution in [0.1, 0.15) is 153 Å². The summed E-state index contributed by atoms with van der Waals surface area (Å²) in [5, 5.41) is 28.7. The van der Waals surface area contributed by atoms with E-state index in [4.69, 9.17) is 14.7 Å². The zero-order valence-corrected chi connectivity index (χ0v) is 31.8. The molecule has 0 fully saturated rings. The molecule has 0 saturated carbocycles. The van der Waals surface area contributed by atoms with Crippen LogP contribution in [0.25, 0.3) is 0 Å². The van der Waals surface area contributed by atoms with E-state index < -0.39 is 8.60 Å². The van der Waals surface area contributed by atoms with Crippen LogP contribution in [0.3, 0.4) is 0 Å². The fraction of sp³-hybridized carbons (Fsp3) is 0.571. The van der Waals surface area contributed by atoms with Crippen LogP contribution in [0.2, 0.25) is 0 Å². The van der Waals surface area contributed by atoms with Crippen molar-refractivity contribution < 1.29 is 30.0 Å². The number of unbranched alkanes of at least 4 members (excludes halogenated alkanes) is 15. The molecule has 3 aromatic rings. The Hall–Kier alpha value is -2.63. The molecular formula is C42H69O6P. The number of phenols is 3. The Labute approximate surface area is 300 Å². The molecule has 0 atom stereocenters. The summed E-state index contributed by atoms with van der Waals surface area (Å²) in [6.45, 7) is 6.71. The van der Waals surface area contributed by atoms with Crippen LogP contribution < -0.4 is 0 Å². The predicted molar refractivity (Wildman–Crippen MR) is 209 cm³/mol. The largest absolute Gasteiger partial charge is 0.508 e. The van der Waals surface area contributed by atoms with Crippen molar-refractivity contribution in [3.8, 4) is 17.2 Å². The molecule has 278 valence electrons. The molecule has 6 N–H and O–H groups in total. The standard InChI is InChI=1S/3C14H22O.H3O3P/c3*1-2-3-4-5-6-7-10-13-11-8-9-12-14(13)15;1-4(2)3/h3*8-9,11-12,15H,2-7,10H2,1H3;1-3H. The van der Waals surface area contributed by atoms with E-state index in [1.165, 1.54) is 116 Å². The highest BCUT2D eigenvalue weighted by atomic mass is 31.2. The summed E-state index contributed by atoms with van der Waals surface area (Å²) < 4.78 is 0. The van der Waals surface area contributed by atoms with Crippen LogP contribution in [0.4, 0.5) is 0 Å². The zero-order valence-electron chi connectivity index (χ0n) is 30.9. The number of benzene rings is 3. The Morgan fingerprint density at radius 3 is 0.776 bits per heavy atom. The van der Waals surface area contributed by atoms with E-state index in [2.05, 4.69) is 20.8 Å². The lowest BCUT2D eigenvalue weighted by molar-refractivity contribution is 0.368. The molecule has 7 heteroatoms. The lowest BCUT2D eigenvalue weighted by Crippen LogP contribution is -1.86.